The van der Waals surface area contributed by atoms with Crippen molar-refractivity contribution in [1.82, 2.24) is 9.55 Å². The quantitative estimate of drug-likeness (QED) is 0.362. The molecule has 0 amide bonds. The van der Waals surface area contributed by atoms with Crippen LogP contribution in [0.4, 0.5) is 0 Å². The van der Waals surface area contributed by atoms with E-state index in [2.05, 4.69) is 10.1 Å². The van der Waals surface area contributed by atoms with Gasteiger partial charge in [0.15, 0.2) is 0 Å². The Morgan fingerprint density at radius 3 is 2.85 bits per heavy atom. The van der Waals surface area contributed by atoms with E-state index in [9.17, 15) is 0 Å². The van der Waals surface area contributed by atoms with E-state index in [4.69, 9.17) is 15.7 Å². The Morgan fingerprint density at radius 2 is 2.20 bits per heavy atom. The number of hydrogen-bond acceptors (Lipinski definition) is 4. The van der Waals surface area contributed by atoms with Crippen molar-refractivity contribution in [3.63, 3.8) is 0 Å². The van der Waals surface area contributed by atoms with Gasteiger partial charge in [-0.15, -0.1) is 0 Å². The van der Waals surface area contributed by atoms with Crippen LogP contribution in [0.5, 0.6) is 0 Å². The van der Waals surface area contributed by atoms with Crippen molar-refractivity contribution in [2.24, 2.45) is 10.9 Å². The number of rotatable bonds is 6. The average molecular weight is 274 g/mol. The third kappa shape index (κ3) is 3.16. The molecule has 1 atom stereocenters. The maximum absolute atomic E-state index is 9.00. The van der Waals surface area contributed by atoms with Crippen LogP contribution in [0.15, 0.2) is 48.0 Å². The van der Waals surface area contributed by atoms with E-state index in [1.165, 1.54) is 0 Å². The van der Waals surface area contributed by atoms with Crippen molar-refractivity contribution in [1.29, 1.82) is 0 Å². The van der Waals surface area contributed by atoms with E-state index >= 15 is 0 Å². The zero-order valence-electron chi connectivity index (χ0n) is 11.3. The van der Waals surface area contributed by atoms with Crippen molar-refractivity contribution >= 4 is 5.84 Å². The van der Waals surface area contributed by atoms with Crippen LogP contribution >= 0.6 is 0 Å². The Balaban J connectivity index is 2.30. The second-order valence-electron chi connectivity index (χ2n) is 4.47. The molecule has 0 fully saturated rings. The molecule has 106 valence electrons. The van der Waals surface area contributed by atoms with Crippen LogP contribution in [0.1, 0.15) is 17.2 Å². The molecule has 0 saturated carbocycles. The number of nitrogens with two attached hydrogens (primary N) is 1. The van der Waals surface area contributed by atoms with Crippen molar-refractivity contribution in [2.75, 3.05) is 7.11 Å². The van der Waals surface area contributed by atoms with Gasteiger partial charge in [-0.25, -0.2) is 4.98 Å². The highest BCUT2D eigenvalue weighted by Gasteiger charge is 2.21. The fourth-order valence-electron chi connectivity index (χ4n) is 2.15. The normalized spacial score (nSPS) is 13.3. The lowest BCUT2D eigenvalue weighted by molar-refractivity contribution is 0.128. The average Bonchev–Trinajstić information content (AvgIpc) is 2.93. The molecule has 1 aromatic heterocycles. The maximum Gasteiger partial charge on any atom is 0.148 e. The van der Waals surface area contributed by atoms with E-state index in [0.29, 0.717) is 13.2 Å². The number of nitrogens with zero attached hydrogens (tertiary/aromatic N) is 3. The van der Waals surface area contributed by atoms with Crippen LogP contribution in [0.2, 0.25) is 0 Å². The first kappa shape index (κ1) is 14.1. The predicted octanol–water partition coefficient (Wildman–Crippen LogP) is 1.56. The molecular weight excluding hydrogens is 256 g/mol. The molecule has 1 aromatic carbocycles. The molecule has 0 unspecified atom stereocenters. The monoisotopic (exact) mass is 274 g/mol. The summed E-state index contributed by atoms with van der Waals surface area (Å²) in [6.07, 6.45) is 4.01. The summed E-state index contributed by atoms with van der Waals surface area (Å²) >= 11 is 0. The molecule has 20 heavy (non-hydrogen) atoms. The van der Waals surface area contributed by atoms with Gasteiger partial charge < -0.3 is 20.2 Å². The van der Waals surface area contributed by atoms with Gasteiger partial charge in [0.05, 0.1) is 17.9 Å². The molecule has 3 N–H and O–H groups in total. The molecule has 2 aromatic rings. The Kier molecular flexibility index (Phi) is 4.73. The summed E-state index contributed by atoms with van der Waals surface area (Å²) in [5.74, 6) is -0.0910. The summed E-state index contributed by atoms with van der Waals surface area (Å²) in [6.45, 7) is 0.374. The van der Waals surface area contributed by atoms with Gasteiger partial charge in [0.1, 0.15) is 12.6 Å². The van der Waals surface area contributed by atoms with Crippen LogP contribution in [-0.4, -0.2) is 27.7 Å². The zero-order valence-corrected chi connectivity index (χ0v) is 11.3. The van der Waals surface area contributed by atoms with Gasteiger partial charge in [0, 0.05) is 13.3 Å². The van der Waals surface area contributed by atoms with Crippen molar-refractivity contribution in [2.45, 2.75) is 19.1 Å². The first-order valence-electron chi connectivity index (χ1n) is 6.26. The molecule has 0 bridgehead atoms. The highest BCUT2D eigenvalue weighted by atomic mass is 16.5. The van der Waals surface area contributed by atoms with Gasteiger partial charge in [0.2, 0.25) is 0 Å². The van der Waals surface area contributed by atoms with Crippen molar-refractivity contribution in [3.8, 4) is 0 Å². The summed E-state index contributed by atoms with van der Waals surface area (Å²) in [5, 5.41) is 12.2. The van der Waals surface area contributed by atoms with E-state index in [0.717, 1.165) is 11.3 Å². The van der Waals surface area contributed by atoms with E-state index in [1.54, 1.807) is 19.6 Å². The molecule has 2 rings (SSSR count). The van der Waals surface area contributed by atoms with Gasteiger partial charge in [-0.3, -0.25) is 0 Å². The summed E-state index contributed by atoms with van der Waals surface area (Å²) in [6, 6.07) is 9.90. The molecule has 6 heteroatoms. The Morgan fingerprint density at radius 1 is 1.45 bits per heavy atom. The number of methoxy groups -OCH3 is 1. The third-order valence-corrected chi connectivity index (χ3v) is 3.12. The Bertz CT molecular complexity index is 566. The Labute approximate surface area is 117 Å². The highest BCUT2D eigenvalue weighted by molar-refractivity contribution is 5.86. The van der Waals surface area contributed by atoms with Gasteiger partial charge in [0.25, 0.3) is 0 Å². The molecule has 6 nitrogen and oxygen atoms in total. The first-order valence-corrected chi connectivity index (χ1v) is 6.26. The fourth-order valence-corrected chi connectivity index (χ4v) is 2.15. The predicted molar refractivity (Wildman–Crippen MR) is 75.5 cm³/mol. The highest BCUT2D eigenvalue weighted by Crippen LogP contribution is 2.21. The second-order valence-corrected chi connectivity index (χ2v) is 4.47. The summed E-state index contributed by atoms with van der Waals surface area (Å²) in [7, 11) is 1.61. The fraction of sp³-hybridized carbons (Fsp3) is 0.286. The summed E-state index contributed by atoms with van der Waals surface area (Å²) in [5.41, 5.74) is 7.80. The number of amidine groups is 1. The lowest BCUT2D eigenvalue weighted by Crippen LogP contribution is -2.26. The largest absolute Gasteiger partial charge is 0.409 e. The number of hydrogen-bond donors (Lipinski definition) is 2. The molecule has 0 spiro atoms. The number of oxime groups is 1. The van der Waals surface area contributed by atoms with E-state index in [1.807, 2.05) is 34.9 Å². The zero-order chi connectivity index (χ0) is 14.4. The van der Waals surface area contributed by atoms with Crippen LogP contribution < -0.4 is 5.73 Å². The van der Waals surface area contributed by atoms with E-state index < -0.39 is 0 Å². The van der Waals surface area contributed by atoms with Gasteiger partial charge in [-0.1, -0.05) is 35.5 Å². The van der Waals surface area contributed by atoms with Gasteiger partial charge in [-0.2, -0.15) is 0 Å². The molecule has 0 saturated heterocycles. The molecule has 0 aliphatic heterocycles. The molecule has 0 aliphatic carbocycles. The van der Waals surface area contributed by atoms with Crippen LogP contribution in [0.3, 0.4) is 0 Å². The SMILES string of the molecule is COCn1cncc1[C@@H](Cc1ccccc1)/C(N)=N/O. The Hall–Kier alpha value is -2.34. The standard InChI is InChI=1S/C14H18N4O2/c1-20-10-18-9-16-8-13(18)12(14(15)17-19)7-11-5-3-2-4-6-11/h2-6,8-9,12,19H,7,10H2,1H3,(H2,15,17)/t12-/m1/s1. The molecular formula is C14H18N4O2. The van der Waals surface area contributed by atoms with Crippen LogP contribution in [0.25, 0.3) is 0 Å². The number of ether oxygens (including phenoxy) is 1. The van der Waals surface area contributed by atoms with E-state index in [-0.39, 0.29) is 11.8 Å². The van der Waals surface area contributed by atoms with Crippen molar-refractivity contribution in [3.05, 3.63) is 54.1 Å². The number of aromatic nitrogens is 2. The minimum absolute atomic E-state index is 0.159. The topological polar surface area (TPSA) is 85.7 Å². The lowest BCUT2D eigenvalue weighted by atomic mass is 9.95. The summed E-state index contributed by atoms with van der Waals surface area (Å²) < 4.78 is 6.96. The number of imidazole rings is 1. The van der Waals surface area contributed by atoms with Gasteiger partial charge >= 0.3 is 0 Å². The minimum Gasteiger partial charge on any atom is -0.409 e. The van der Waals surface area contributed by atoms with Crippen LogP contribution in [-0.2, 0) is 17.9 Å². The molecule has 0 radical (unpaired) electrons. The first-order chi connectivity index (χ1) is 9.76. The molecule has 1 heterocycles. The van der Waals surface area contributed by atoms with Crippen LogP contribution in [0, 0.1) is 0 Å². The molecule has 0 aliphatic rings. The maximum atomic E-state index is 9.00. The van der Waals surface area contributed by atoms with Gasteiger partial charge in [-0.05, 0) is 12.0 Å². The summed E-state index contributed by atoms with van der Waals surface area (Å²) in [4.78, 5) is 4.11. The minimum atomic E-state index is -0.250. The third-order valence-electron chi connectivity index (χ3n) is 3.12. The lowest BCUT2D eigenvalue weighted by Gasteiger charge is -2.17. The number of benzene rings is 1. The smallest absolute Gasteiger partial charge is 0.148 e. The van der Waals surface area contributed by atoms with Crippen molar-refractivity contribution < 1.29 is 9.94 Å². The second kappa shape index (κ2) is 6.72.